The summed E-state index contributed by atoms with van der Waals surface area (Å²) in [5.41, 5.74) is 3.79. The maximum Gasteiger partial charge on any atom is 0.244 e. The average Bonchev–Trinajstić information content (AvgIpc) is 2.95. The van der Waals surface area contributed by atoms with E-state index in [0.717, 1.165) is 59.4 Å². The Bertz CT molecular complexity index is 1490. The minimum Gasteiger partial charge on any atom is -0.352 e. The number of anilines is 1. The van der Waals surface area contributed by atoms with Gasteiger partial charge < -0.3 is 10.2 Å². The monoisotopic (exact) mass is 609 g/mol. The molecule has 0 heterocycles. The number of amides is 2. The van der Waals surface area contributed by atoms with Crippen LogP contribution in [0.4, 0.5) is 5.69 Å². The van der Waals surface area contributed by atoms with Crippen molar-refractivity contribution in [2.75, 3.05) is 17.1 Å². The molecule has 0 aromatic heterocycles. The SMILES string of the molecule is Cc1ccccc1CN(C(=O)CN(c1ccc(Cl)cc1C)S(C)(=O)=O)[C@H](Cc1ccccc1)C(=O)NC1CCCCC1. The Hall–Kier alpha value is -3.36. The van der Waals surface area contributed by atoms with Crippen LogP contribution < -0.4 is 9.62 Å². The fourth-order valence-corrected chi connectivity index (χ4v) is 6.70. The maximum absolute atomic E-state index is 14.3. The van der Waals surface area contributed by atoms with Gasteiger partial charge in [-0.2, -0.15) is 0 Å². The number of nitrogens with zero attached hydrogens (tertiary/aromatic N) is 2. The lowest BCUT2D eigenvalue weighted by Gasteiger charge is -2.35. The number of benzene rings is 3. The van der Waals surface area contributed by atoms with E-state index >= 15 is 0 Å². The van der Waals surface area contributed by atoms with Gasteiger partial charge in [-0.15, -0.1) is 0 Å². The van der Waals surface area contributed by atoms with E-state index in [1.165, 1.54) is 0 Å². The first-order valence-corrected chi connectivity index (χ1v) is 16.7. The minimum atomic E-state index is -3.85. The molecule has 1 fully saturated rings. The largest absolute Gasteiger partial charge is 0.352 e. The minimum absolute atomic E-state index is 0.0594. The summed E-state index contributed by atoms with van der Waals surface area (Å²) in [6.07, 6.45) is 6.48. The van der Waals surface area contributed by atoms with Crippen LogP contribution in [-0.4, -0.2) is 50.0 Å². The second kappa shape index (κ2) is 14.2. The summed E-state index contributed by atoms with van der Waals surface area (Å²) in [6, 6.07) is 21.4. The van der Waals surface area contributed by atoms with Crippen molar-refractivity contribution in [3.05, 3.63) is 100 Å². The van der Waals surface area contributed by atoms with Gasteiger partial charge in [0.25, 0.3) is 0 Å². The third-order valence-electron chi connectivity index (χ3n) is 7.93. The molecule has 1 atom stereocenters. The molecule has 224 valence electrons. The summed E-state index contributed by atoms with van der Waals surface area (Å²) in [4.78, 5) is 29.9. The zero-order valence-electron chi connectivity index (χ0n) is 24.6. The quantitative estimate of drug-likeness (QED) is 0.297. The molecule has 0 aliphatic heterocycles. The van der Waals surface area contributed by atoms with Crippen molar-refractivity contribution in [3.63, 3.8) is 0 Å². The Morgan fingerprint density at radius 1 is 0.929 bits per heavy atom. The van der Waals surface area contributed by atoms with Gasteiger partial charge >= 0.3 is 0 Å². The Labute approximate surface area is 254 Å². The highest BCUT2D eigenvalue weighted by atomic mass is 35.5. The molecule has 0 saturated heterocycles. The van der Waals surface area contributed by atoms with E-state index in [2.05, 4.69) is 5.32 Å². The second-order valence-electron chi connectivity index (χ2n) is 11.2. The summed E-state index contributed by atoms with van der Waals surface area (Å²) in [5, 5.41) is 3.70. The van der Waals surface area contributed by atoms with Crippen LogP contribution in [0.1, 0.15) is 54.4 Å². The fourth-order valence-electron chi connectivity index (χ4n) is 5.56. The Kier molecular flexibility index (Phi) is 10.7. The molecule has 1 saturated carbocycles. The molecule has 4 rings (SSSR count). The van der Waals surface area contributed by atoms with Gasteiger partial charge in [-0.3, -0.25) is 13.9 Å². The molecule has 0 spiro atoms. The third-order valence-corrected chi connectivity index (χ3v) is 9.29. The van der Waals surface area contributed by atoms with Gasteiger partial charge in [0, 0.05) is 24.0 Å². The van der Waals surface area contributed by atoms with Crippen molar-refractivity contribution in [2.24, 2.45) is 0 Å². The van der Waals surface area contributed by atoms with Crippen molar-refractivity contribution in [2.45, 2.75) is 71.0 Å². The Balaban J connectivity index is 1.74. The van der Waals surface area contributed by atoms with Crippen molar-refractivity contribution in [3.8, 4) is 0 Å². The molecule has 0 unspecified atom stereocenters. The molecule has 1 N–H and O–H groups in total. The Morgan fingerprint density at radius 2 is 1.60 bits per heavy atom. The van der Waals surface area contributed by atoms with Crippen LogP contribution in [0.25, 0.3) is 0 Å². The standard InChI is InChI=1S/C33H40ClN3O4S/c1-24-12-10-11-15-27(24)22-36(32(38)23-37(42(3,40)41)30-19-18-28(34)20-25(30)2)31(21-26-13-6-4-7-14-26)33(39)35-29-16-8-5-9-17-29/h4,6-7,10-15,18-20,29,31H,5,8-9,16-17,21-23H2,1-3H3,(H,35,39)/t31-/m1/s1. The first-order valence-electron chi connectivity index (χ1n) is 14.4. The van der Waals surface area contributed by atoms with Crippen LogP contribution in [0.3, 0.4) is 0 Å². The molecule has 1 aliphatic carbocycles. The van der Waals surface area contributed by atoms with Gasteiger partial charge in [-0.05, 0) is 67.1 Å². The summed E-state index contributed by atoms with van der Waals surface area (Å²) >= 11 is 6.14. The molecule has 1 aliphatic rings. The maximum atomic E-state index is 14.3. The number of aryl methyl sites for hydroxylation is 2. The molecule has 9 heteroatoms. The Morgan fingerprint density at radius 3 is 2.24 bits per heavy atom. The normalized spacial score (nSPS) is 14.7. The lowest BCUT2D eigenvalue weighted by molar-refractivity contribution is -0.140. The van der Waals surface area contributed by atoms with Crippen LogP contribution in [0.2, 0.25) is 5.02 Å². The van der Waals surface area contributed by atoms with Gasteiger partial charge in [-0.25, -0.2) is 8.42 Å². The van der Waals surface area contributed by atoms with Crippen LogP contribution in [0, 0.1) is 13.8 Å². The highest BCUT2D eigenvalue weighted by molar-refractivity contribution is 7.92. The van der Waals surface area contributed by atoms with Gasteiger partial charge in [-0.1, -0.05) is 85.5 Å². The summed E-state index contributed by atoms with van der Waals surface area (Å²) < 4.78 is 27.2. The number of sulfonamides is 1. The van der Waals surface area contributed by atoms with E-state index < -0.39 is 28.5 Å². The van der Waals surface area contributed by atoms with Gasteiger partial charge in [0.15, 0.2) is 0 Å². The summed E-state index contributed by atoms with van der Waals surface area (Å²) in [5.74, 6) is -0.681. The molecule has 0 radical (unpaired) electrons. The molecule has 42 heavy (non-hydrogen) atoms. The number of hydrogen-bond acceptors (Lipinski definition) is 4. The topological polar surface area (TPSA) is 86.8 Å². The number of carbonyl (C=O) groups is 2. The summed E-state index contributed by atoms with van der Waals surface area (Å²) in [7, 11) is -3.85. The van der Waals surface area contributed by atoms with Crippen molar-refractivity contribution in [1.82, 2.24) is 10.2 Å². The van der Waals surface area contributed by atoms with E-state index in [0.29, 0.717) is 22.7 Å². The molecular formula is C33H40ClN3O4S. The van der Waals surface area contributed by atoms with E-state index in [4.69, 9.17) is 11.6 Å². The first kappa shape index (κ1) is 31.6. The zero-order valence-corrected chi connectivity index (χ0v) is 26.1. The predicted molar refractivity (Wildman–Crippen MR) is 169 cm³/mol. The fraction of sp³-hybridized carbons (Fsp3) is 0.394. The van der Waals surface area contributed by atoms with Crippen LogP contribution in [-0.2, 0) is 32.6 Å². The molecular weight excluding hydrogens is 570 g/mol. The zero-order chi connectivity index (χ0) is 30.3. The number of halogens is 1. The smallest absolute Gasteiger partial charge is 0.244 e. The molecule has 7 nitrogen and oxygen atoms in total. The van der Waals surface area contributed by atoms with Crippen LogP contribution >= 0.6 is 11.6 Å². The van der Waals surface area contributed by atoms with Crippen molar-refractivity contribution >= 4 is 39.1 Å². The third kappa shape index (κ3) is 8.35. The van der Waals surface area contributed by atoms with E-state index in [1.54, 1.807) is 30.0 Å². The molecule has 0 bridgehead atoms. The van der Waals surface area contributed by atoms with E-state index in [-0.39, 0.29) is 18.5 Å². The first-order chi connectivity index (χ1) is 20.0. The number of nitrogens with one attached hydrogen (secondary N) is 1. The van der Waals surface area contributed by atoms with Gasteiger partial charge in [0.1, 0.15) is 12.6 Å². The average molecular weight is 610 g/mol. The highest BCUT2D eigenvalue weighted by Crippen LogP contribution is 2.27. The number of hydrogen-bond donors (Lipinski definition) is 1. The van der Waals surface area contributed by atoms with Crippen molar-refractivity contribution in [1.29, 1.82) is 0 Å². The van der Waals surface area contributed by atoms with Crippen LogP contribution in [0.5, 0.6) is 0 Å². The second-order valence-corrected chi connectivity index (χ2v) is 13.5. The lowest BCUT2D eigenvalue weighted by atomic mass is 9.94. The van der Waals surface area contributed by atoms with Crippen molar-refractivity contribution < 1.29 is 18.0 Å². The van der Waals surface area contributed by atoms with E-state index in [1.807, 2.05) is 61.5 Å². The summed E-state index contributed by atoms with van der Waals surface area (Å²) in [6.45, 7) is 3.43. The predicted octanol–water partition coefficient (Wildman–Crippen LogP) is 5.81. The van der Waals surface area contributed by atoms with E-state index in [9.17, 15) is 18.0 Å². The highest BCUT2D eigenvalue weighted by Gasteiger charge is 2.34. The lowest BCUT2D eigenvalue weighted by Crippen LogP contribution is -2.55. The van der Waals surface area contributed by atoms with Gasteiger partial charge in [0.05, 0.1) is 11.9 Å². The number of rotatable bonds is 11. The molecule has 3 aromatic carbocycles. The number of carbonyl (C=O) groups excluding carboxylic acids is 2. The van der Waals surface area contributed by atoms with Gasteiger partial charge in [0.2, 0.25) is 21.8 Å². The van der Waals surface area contributed by atoms with Crippen LogP contribution in [0.15, 0.2) is 72.8 Å². The molecule has 3 aromatic rings. The molecule has 2 amide bonds.